The van der Waals surface area contributed by atoms with Crippen LogP contribution in [-0.2, 0) is 0 Å². The number of nitrogens with zero attached hydrogens (tertiary/aromatic N) is 3. The molecule has 0 atom stereocenters. The van der Waals surface area contributed by atoms with E-state index in [4.69, 9.17) is 0 Å². The monoisotopic (exact) mass is 368 g/mol. The van der Waals surface area contributed by atoms with Gasteiger partial charge in [0.15, 0.2) is 4.34 Å². The van der Waals surface area contributed by atoms with E-state index in [1.165, 1.54) is 40.9 Å². The van der Waals surface area contributed by atoms with Crippen molar-refractivity contribution in [1.82, 2.24) is 10.2 Å². The molecule has 2 aromatic rings. The highest BCUT2D eigenvalue weighted by atomic mass is 32.2. The van der Waals surface area contributed by atoms with Crippen molar-refractivity contribution >= 4 is 51.6 Å². The van der Waals surface area contributed by atoms with Gasteiger partial charge in [-0.25, -0.2) is 0 Å². The lowest BCUT2D eigenvalue weighted by Crippen LogP contribution is -2.12. The third-order valence-corrected chi connectivity index (χ3v) is 5.34. The van der Waals surface area contributed by atoms with Crippen LogP contribution in [0.25, 0.3) is 0 Å². The predicted octanol–water partition coefficient (Wildman–Crippen LogP) is 3.70. The Balaban J connectivity index is 2.14. The van der Waals surface area contributed by atoms with Crippen LogP contribution < -0.4 is 5.32 Å². The van der Waals surface area contributed by atoms with E-state index in [0.29, 0.717) is 20.1 Å². The average molecular weight is 368 g/mol. The maximum atomic E-state index is 12.2. The molecule has 0 radical (unpaired) electrons. The molecule has 23 heavy (non-hydrogen) atoms. The first-order chi connectivity index (χ1) is 11.0. The Labute approximate surface area is 144 Å². The Morgan fingerprint density at radius 1 is 1.52 bits per heavy atom. The van der Waals surface area contributed by atoms with Gasteiger partial charge in [0, 0.05) is 17.4 Å². The lowest BCUT2D eigenvalue weighted by atomic mass is 10.2. The molecule has 120 valence electrons. The lowest BCUT2D eigenvalue weighted by Gasteiger charge is -2.03. The van der Waals surface area contributed by atoms with Crippen molar-refractivity contribution < 1.29 is 9.72 Å². The van der Waals surface area contributed by atoms with Crippen molar-refractivity contribution in [2.24, 2.45) is 0 Å². The van der Waals surface area contributed by atoms with Gasteiger partial charge < -0.3 is 0 Å². The van der Waals surface area contributed by atoms with Gasteiger partial charge in [0.25, 0.3) is 11.6 Å². The number of rotatable bonds is 7. The van der Waals surface area contributed by atoms with E-state index in [-0.39, 0.29) is 11.3 Å². The zero-order valence-corrected chi connectivity index (χ0v) is 14.5. The molecule has 0 aliphatic heterocycles. The number of anilines is 1. The van der Waals surface area contributed by atoms with E-state index < -0.39 is 10.8 Å². The molecule has 0 fully saturated rings. The molecule has 7 nitrogen and oxygen atoms in total. The summed E-state index contributed by atoms with van der Waals surface area (Å²) in [5.74, 6) is 0.238. The van der Waals surface area contributed by atoms with Crippen LogP contribution in [0.15, 0.2) is 40.1 Å². The Morgan fingerprint density at radius 2 is 2.30 bits per heavy atom. The molecule has 0 aliphatic carbocycles. The average Bonchev–Trinajstić information content (AvgIpc) is 2.99. The maximum Gasteiger partial charge on any atom is 0.283 e. The molecule has 0 unspecified atom stereocenters. The number of nitro groups is 1. The number of aromatic nitrogens is 2. The molecular weight excluding hydrogens is 356 g/mol. The first kappa shape index (κ1) is 17.4. The molecule has 10 heteroatoms. The lowest BCUT2D eigenvalue weighted by molar-refractivity contribution is -0.387. The van der Waals surface area contributed by atoms with E-state index in [1.54, 1.807) is 24.5 Å². The highest BCUT2D eigenvalue weighted by Gasteiger charge is 2.18. The standard InChI is InChI=1S/C13H12N4O3S3/c1-3-6-22-13-16-15-12(23-13)14-11(18)8-4-5-10(21-2)9(7-8)17(19)20/h3-5,7H,1,6H2,2H3,(H,14,15,18). The summed E-state index contributed by atoms with van der Waals surface area (Å²) in [5, 5.41) is 21.8. The van der Waals surface area contributed by atoms with Crippen molar-refractivity contribution in [1.29, 1.82) is 0 Å². The van der Waals surface area contributed by atoms with Gasteiger partial charge in [-0.05, 0) is 18.4 Å². The molecule has 1 aromatic carbocycles. The van der Waals surface area contributed by atoms with E-state index in [9.17, 15) is 14.9 Å². The first-order valence-electron chi connectivity index (χ1n) is 6.26. The number of thioether (sulfide) groups is 2. The van der Waals surface area contributed by atoms with Gasteiger partial charge in [-0.1, -0.05) is 29.2 Å². The summed E-state index contributed by atoms with van der Waals surface area (Å²) in [4.78, 5) is 23.2. The summed E-state index contributed by atoms with van der Waals surface area (Å²) < 4.78 is 0.712. The summed E-state index contributed by atoms with van der Waals surface area (Å²) in [6, 6.07) is 4.36. The van der Waals surface area contributed by atoms with Crippen molar-refractivity contribution in [2.75, 3.05) is 17.3 Å². The molecule has 0 spiro atoms. The first-order valence-corrected chi connectivity index (χ1v) is 9.28. The molecule has 1 amide bonds. The second-order valence-electron chi connectivity index (χ2n) is 4.07. The van der Waals surface area contributed by atoms with Gasteiger partial charge in [0.2, 0.25) is 5.13 Å². The van der Waals surface area contributed by atoms with Gasteiger partial charge >= 0.3 is 0 Å². The summed E-state index contributed by atoms with van der Waals surface area (Å²) in [6.07, 6.45) is 3.49. The second-order valence-corrected chi connectivity index (χ2v) is 7.16. The highest BCUT2D eigenvalue weighted by molar-refractivity contribution is 8.01. The quantitative estimate of drug-likeness (QED) is 0.261. The van der Waals surface area contributed by atoms with Gasteiger partial charge in [0.1, 0.15) is 0 Å². The molecule has 0 bridgehead atoms. The Bertz CT molecular complexity index is 748. The van der Waals surface area contributed by atoms with Crippen LogP contribution in [0.1, 0.15) is 10.4 Å². The fourth-order valence-electron chi connectivity index (χ4n) is 1.59. The molecule has 2 rings (SSSR count). The number of carbonyl (C=O) groups is 1. The number of carbonyl (C=O) groups excluding carboxylic acids is 1. The van der Waals surface area contributed by atoms with Crippen LogP contribution in [0.5, 0.6) is 0 Å². The van der Waals surface area contributed by atoms with Crippen LogP contribution >= 0.6 is 34.9 Å². The van der Waals surface area contributed by atoms with Crippen LogP contribution in [0.3, 0.4) is 0 Å². The topological polar surface area (TPSA) is 98.0 Å². The number of benzene rings is 1. The second kappa shape index (κ2) is 8.09. The maximum absolute atomic E-state index is 12.2. The summed E-state index contributed by atoms with van der Waals surface area (Å²) in [5.41, 5.74) is 0.106. The van der Waals surface area contributed by atoms with E-state index in [1.807, 2.05) is 0 Å². The smallest absolute Gasteiger partial charge is 0.283 e. The third-order valence-electron chi connectivity index (χ3n) is 2.59. The van der Waals surface area contributed by atoms with Gasteiger partial charge in [0.05, 0.1) is 9.82 Å². The van der Waals surface area contributed by atoms with Crippen LogP contribution in [0, 0.1) is 10.1 Å². The Morgan fingerprint density at radius 3 is 2.96 bits per heavy atom. The minimum atomic E-state index is -0.502. The molecule has 0 aliphatic rings. The SMILES string of the molecule is C=CCSc1nnc(NC(=O)c2ccc(SC)c([N+](=O)[O-])c2)s1. The zero-order valence-electron chi connectivity index (χ0n) is 12.0. The van der Waals surface area contributed by atoms with Gasteiger partial charge in [-0.3, -0.25) is 20.2 Å². The van der Waals surface area contributed by atoms with E-state index in [2.05, 4.69) is 22.1 Å². The number of nitrogens with one attached hydrogen (secondary N) is 1. The number of hydrogen-bond donors (Lipinski definition) is 1. The molecule has 1 N–H and O–H groups in total. The molecule has 1 heterocycles. The van der Waals surface area contributed by atoms with Crippen LogP contribution in [0.4, 0.5) is 10.8 Å². The largest absolute Gasteiger partial charge is 0.296 e. The number of amides is 1. The molecule has 1 aromatic heterocycles. The number of nitro benzene ring substituents is 1. The predicted molar refractivity (Wildman–Crippen MR) is 93.7 cm³/mol. The van der Waals surface area contributed by atoms with E-state index in [0.717, 1.165) is 0 Å². The Hall–Kier alpha value is -1.91. The molecule has 0 saturated carbocycles. The van der Waals surface area contributed by atoms with Crippen molar-refractivity contribution in [3.05, 3.63) is 46.5 Å². The summed E-state index contributed by atoms with van der Waals surface area (Å²) in [7, 11) is 0. The van der Waals surface area contributed by atoms with Crippen molar-refractivity contribution in [3.8, 4) is 0 Å². The molecule has 0 saturated heterocycles. The normalized spacial score (nSPS) is 10.3. The van der Waals surface area contributed by atoms with Crippen molar-refractivity contribution in [2.45, 2.75) is 9.24 Å². The van der Waals surface area contributed by atoms with Crippen LogP contribution in [0.2, 0.25) is 0 Å². The fraction of sp³-hybridized carbons (Fsp3) is 0.154. The van der Waals surface area contributed by atoms with Gasteiger partial charge in [-0.15, -0.1) is 28.5 Å². The van der Waals surface area contributed by atoms with Gasteiger partial charge in [-0.2, -0.15) is 0 Å². The van der Waals surface area contributed by atoms with Crippen LogP contribution in [-0.4, -0.2) is 33.0 Å². The number of hydrogen-bond acceptors (Lipinski definition) is 8. The molecular formula is C13H12N4O3S3. The highest BCUT2D eigenvalue weighted by Crippen LogP contribution is 2.29. The van der Waals surface area contributed by atoms with Crippen molar-refractivity contribution in [3.63, 3.8) is 0 Å². The summed E-state index contributed by atoms with van der Waals surface area (Å²) >= 11 is 3.95. The van der Waals surface area contributed by atoms with E-state index >= 15 is 0 Å². The minimum Gasteiger partial charge on any atom is -0.296 e. The zero-order chi connectivity index (χ0) is 16.8. The minimum absolute atomic E-state index is 0.0929. The third kappa shape index (κ3) is 4.53. The fourth-order valence-corrected chi connectivity index (χ4v) is 3.65. The Kier molecular flexibility index (Phi) is 6.13. The summed E-state index contributed by atoms with van der Waals surface area (Å²) in [6.45, 7) is 3.62.